The van der Waals surface area contributed by atoms with Crippen molar-refractivity contribution in [3.63, 3.8) is 0 Å². The summed E-state index contributed by atoms with van der Waals surface area (Å²) in [7, 11) is 2.09. The van der Waals surface area contributed by atoms with Crippen LogP contribution in [0.25, 0.3) is 22.0 Å². The molecule has 1 fully saturated rings. The zero-order chi connectivity index (χ0) is 24.6. The van der Waals surface area contributed by atoms with Crippen molar-refractivity contribution in [2.45, 2.75) is 51.0 Å². The molecule has 1 aliphatic rings. The zero-order valence-corrected chi connectivity index (χ0v) is 20.3. The van der Waals surface area contributed by atoms with Gasteiger partial charge in [0.25, 0.3) is 0 Å². The third kappa shape index (κ3) is 6.68. The van der Waals surface area contributed by atoms with Crippen LogP contribution in [0.3, 0.4) is 0 Å². The van der Waals surface area contributed by atoms with E-state index in [9.17, 15) is 9.59 Å². The van der Waals surface area contributed by atoms with Gasteiger partial charge < -0.3 is 15.2 Å². The number of hydroxylamine groups is 1. The molecular weight excluding hydrogens is 442 g/mol. The summed E-state index contributed by atoms with van der Waals surface area (Å²) in [5.74, 6) is 0.494. The van der Waals surface area contributed by atoms with Gasteiger partial charge in [-0.25, -0.2) is 10.5 Å². The first-order valence-corrected chi connectivity index (χ1v) is 12.5. The number of hydrogen-bond acceptors (Lipinski definition) is 5. The molecule has 1 aromatic heterocycles. The Bertz CT molecular complexity index is 1140. The number of aromatic amines is 1. The largest absolute Gasteiger partial charge is 0.346 e. The number of piperidine rings is 1. The number of carbonyl (C=O) groups is 2. The molecule has 8 nitrogen and oxygen atoms in total. The van der Waals surface area contributed by atoms with Crippen LogP contribution in [0.15, 0.2) is 48.7 Å². The molecule has 2 heterocycles. The van der Waals surface area contributed by atoms with E-state index in [1.54, 1.807) is 5.48 Å². The zero-order valence-electron chi connectivity index (χ0n) is 20.3. The Morgan fingerprint density at radius 1 is 1.11 bits per heavy atom. The van der Waals surface area contributed by atoms with Gasteiger partial charge in [0.2, 0.25) is 11.8 Å². The number of benzene rings is 2. The molecule has 2 aromatic carbocycles. The van der Waals surface area contributed by atoms with E-state index in [2.05, 4.69) is 57.6 Å². The van der Waals surface area contributed by atoms with Crippen LogP contribution in [0.4, 0.5) is 0 Å². The van der Waals surface area contributed by atoms with E-state index in [1.807, 2.05) is 18.3 Å². The predicted molar refractivity (Wildman–Crippen MR) is 136 cm³/mol. The summed E-state index contributed by atoms with van der Waals surface area (Å²) in [4.78, 5) is 34.7. The van der Waals surface area contributed by atoms with Crippen LogP contribution in [0.2, 0.25) is 0 Å². The van der Waals surface area contributed by atoms with Gasteiger partial charge in [0.05, 0.1) is 17.9 Å². The normalized spacial score (nSPS) is 15.7. The van der Waals surface area contributed by atoms with Gasteiger partial charge in [-0.05, 0) is 62.7 Å². The Balaban J connectivity index is 1.45. The first kappa shape index (κ1) is 24.9. The maximum atomic E-state index is 13.1. The molecule has 0 spiro atoms. The number of H-pyrrole nitrogens is 1. The number of aromatic nitrogens is 2. The van der Waals surface area contributed by atoms with E-state index in [0.29, 0.717) is 6.42 Å². The summed E-state index contributed by atoms with van der Waals surface area (Å²) >= 11 is 0. The molecule has 2 amide bonds. The highest BCUT2D eigenvalue weighted by Crippen LogP contribution is 2.26. The molecule has 3 aromatic rings. The van der Waals surface area contributed by atoms with Crippen LogP contribution in [-0.2, 0) is 9.59 Å². The van der Waals surface area contributed by atoms with Gasteiger partial charge >= 0.3 is 0 Å². The van der Waals surface area contributed by atoms with E-state index in [0.717, 1.165) is 62.3 Å². The van der Waals surface area contributed by atoms with Gasteiger partial charge in [-0.1, -0.05) is 49.2 Å². The Morgan fingerprint density at radius 2 is 1.89 bits per heavy atom. The number of imidazole rings is 1. The molecule has 0 radical (unpaired) electrons. The Hall–Kier alpha value is -3.23. The fourth-order valence-electron chi connectivity index (χ4n) is 4.72. The van der Waals surface area contributed by atoms with Gasteiger partial charge in [-0.3, -0.25) is 14.8 Å². The number of carbonyl (C=O) groups excluding carboxylic acids is 2. The van der Waals surface area contributed by atoms with E-state index in [-0.39, 0.29) is 30.2 Å². The average molecular weight is 478 g/mol. The Kier molecular flexibility index (Phi) is 8.50. The minimum absolute atomic E-state index is 0.0249. The minimum atomic E-state index is -0.372. The van der Waals surface area contributed by atoms with Crippen LogP contribution in [0.1, 0.15) is 56.8 Å². The van der Waals surface area contributed by atoms with Crippen LogP contribution in [-0.4, -0.2) is 52.0 Å². The van der Waals surface area contributed by atoms with Gasteiger partial charge in [-0.15, -0.1) is 0 Å². The molecule has 8 heteroatoms. The molecule has 1 atom stereocenters. The summed E-state index contributed by atoms with van der Waals surface area (Å²) in [6.45, 7) is 1.87. The smallest absolute Gasteiger partial charge is 0.243 e. The average Bonchev–Trinajstić information content (AvgIpc) is 3.38. The number of nitrogens with zero attached hydrogens (tertiary/aromatic N) is 2. The van der Waals surface area contributed by atoms with E-state index in [4.69, 9.17) is 5.21 Å². The van der Waals surface area contributed by atoms with Crippen molar-refractivity contribution in [1.82, 2.24) is 25.7 Å². The lowest BCUT2D eigenvalue weighted by Gasteiger charge is -2.29. The van der Waals surface area contributed by atoms with Crippen LogP contribution >= 0.6 is 0 Å². The second kappa shape index (κ2) is 12.0. The maximum Gasteiger partial charge on any atom is 0.243 e. The summed E-state index contributed by atoms with van der Waals surface area (Å²) in [5.41, 5.74) is 3.64. The Morgan fingerprint density at radius 3 is 2.66 bits per heavy atom. The fraction of sp³-hybridized carbons (Fsp3) is 0.444. The molecule has 1 aliphatic heterocycles. The molecule has 4 N–H and O–H groups in total. The molecule has 0 bridgehead atoms. The second-order valence-corrected chi connectivity index (χ2v) is 9.52. The van der Waals surface area contributed by atoms with Crippen molar-refractivity contribution in [3.8, 4) is 11.3 Å². The van der Waals surface area contributed by atoms with E-state index in [1.165, 1.54) is 10.8 Å². The first-order chi connectivity index (χ1) is 17.0. The molecule has 186 valence electrons. The number of unbranched alkanes of at least 4 members (excludes halogenated alkanes) is 2. The molecular formula is C27H35N5O3. The number of amides is 2. The monoisotopic (exact) mass is 477 g/mol. The summed E-state index contributed by atoms with van der Waals surface area (Å²) in [6.07, 6.45) is 6.93. The van der Waals surface area contributed by atoms with Crippen molar-refractivity contribution >= 4 is 22.6 Å². The number of nitrogens with one attached hydrogen (secondary N) is 3. The van der Waals surface area contributed by atoms with Crippen LogP contribution in [0.5, 0.6) is 0 Å². The van der Waals surface area contributed by atoms with Crippen LogP contribution in [0, 0.1) is 5.92 Å². The molecule has 4 rings (SSSR count). The number of likely N-dealkylation sites (tertiary alicyclic amines) is 1. The fourth-order valence-corrected chi connectivity index (χ4v) is 4.72. The van der Waals surface area contributed by atoms with Crippen molar-refractivity contribution in [2.75, 3.05) is 20.1 Å². The van der Waals surface area contributed by atoms with Gasteiger partial charge in [-0.2, -0.15) is 0 Å². The van der Waals surface area contributed by atoms with Crippen molar-refractivity contribution in [1.29, 1.82) is 0 Å². The van der Waals surface area contributed by atoms with Crippen molar-refractivity contribution in [3.05, 3.63) is 54.5 Å². The third-order valence-electron chi connectivity index (χ3n) is 6.91. The lowest BCUT2D eigenvalue weighted by molar-refractivity contribution is -0.129. The topological polar surface area (TPSA) is 110 Å². The quantitative estimate of drug-likeness (QED) is 0.199. The minimum Gasteiger partial charge on any atom is -0.346 e. The summed E-state index contributed by atoms with van der Waals surface area (Å²) in [6, 6.07) is 14.4. The van der Waals surface area contributed by atoms with Crippen molar-refractivity contribution in [2.24, 2.45) is 5.92 Å². The highest BCUT2D eigenvalue weighted by atomic mass is 16.5. The standard InChI is InChI=1S/C27H35N5O3/c1-32-15-13-20(14-16-32)27(34)30-23(9-3-2-4-10-25(33)31-35)26-28-18-24(29-26)22-12-11-19-7-5-6-8-21(19)17-22/h5-8,11-12,17-18,20,23,35H,2-4,9-10,13-16H2,1H3,(H,28,29)(H,30,34)(H,31,33)/t23-/m0/s1. The maximum absolute atomic E-state index is 13.1. The van der Waals surface area contributed by atoms with E-state index < -0.39 is 0 Å². The summed E-state index contributed by atoms with van der Waals surface area (Å²) in [5, 5.41) is 14.3. The molecule has 35 heavy (non-hydrogen) atoms. The highest BCUT2D eigenvalue weighted by Gasteiger charge is 2.26. The lowest BCUT2D eigenvalue weighted by Crippen LogP contribution is -2.40. The predicted octanol–water partition coefficient (Wildman–Crippen LogP) is 4.18. The van der Waals surface area contributed by atoms with E-state index >= 15 is 0 Å². The van der Waals surface area contributed by atoms with Gasteiger partial charge in [0.1, 0.15) is 5.82 Å². The molecule has 0 unspecified atom stereocenters. The third-order valence-corrected chi connectivity index (χ3v) is 6.91. The summed E-state index contributed by atoms with van der Waals surface area (Å²) < 4.78 is 0. The Labute approximate surface area is 206 Å². The first-order valence-electron chi connectivity index (χ1n) is 12.5. The molecule has 1 saturated heterocycles. The molecule has 0 saturated carbocycles. The number of fused-ring (bicyclic) bond motifs is 1. The lowest BCUT2D eigenvalue weighted by atomic mass is 9.95. The van der Waals surface area contributed by atoms with Crippen molar-refractivity contribution < 1.29 is 14.8 Å². The SMILES string of the molecule is CN1CCC(C(=O)N[C@@H](CCCCCC(=O)NO)c2ncc(-c3ccc4ccccc4c3)[nH]2)CC1. The number of rotatable bonds is 10. The highest BCUT2D eigenvalue weighted by molar-refractivity contribution is 5.86. The van der Waals surface area contributed by atoms with Gasteiger partial charge in [0, 0.05) is 17.9 Å². The number of hydrogen-bond donors (Lipinski definition) is 4. The molecule has 0 aliphatic carbocycles. The van der Waals surface area contributed by atoms with Crippen LogP contribution < -0.4 is 10.8 Å². The van der Waals surface area contributed by atoms with Gasteiger partial charge in [0.15, 0.2) is 0 Å². The second-order valence-electron chi connectivity index (χ2n) is 9.52.